The van der Waals surface area contributed by atoms with Crippen LogP contribution in [-0.4, -0.2) is 5.71 Å². The van der Waals surface area contributed by atoms with E-state index in [1.807, 2.05) is 37.3 Å². The number of rotatable bonds is 3. The van der Waals surface area contributed by atoms with Crippen LogP contribution in [0.3, 0.4) is 0 Å². The lowest BCUT2D eigenvalue weighted by Crippen LogP contribution is -2.07. The third-order valence-electron chi connectivity index (χ3n) is 4.92. The summed E-state index contributed by atoms with van der Waals surface area (Å²) in [5, 5.41) is 0. The summed E-state index contributed by atoms with van der Waals surface area (Å²) in [6, 6.07) is 15.3. The van der Waals surface area contributed by atoms with Gasteiger partial charge in [0, 0.05) is 12.7 Å². The molecule has 0 saturated carbocycles. The monoisotopic (exact) mass is 401 g/mol. The Morgan fingerprint density at radius 3 is 2.34 bits per heavy atom. The van der Waals surface area contributed by atoms with E-state index in [4.69, 9.17) is 4.42 Å². The molecule has 0 amide bonds. The molecule has 1 aliphatic heterocycles. The number of furan rings is 1. The van der Waals surface area contributed by atoms with E-state index < -0.39 is 17.6 Å². The predicted octanol–water partition coefficient (Wildman–Crippen LogP) is 7.36. The fraction of sp³-hybridized carbons (Fsp3) is 0.174. The quantitative estimate of drug-likeness (QED) is 0.421. The third-order valence-corrected chi connectivity index (χ3v) is 4.92. The van der Waals surface area contributed by atoms with Crippen molar-refractivity contribution < 1.29 is 23.4 Å². The van der Waals surface area contributed by atoms with Crippen molar-refractivity contribution in [3.63, 3.8) is 0 Å². The van der Waals surface area contributed by atoms with E-state index in [2.05, 4.69) is 4.99 Å². The molecule has 3 aromatic rings. The first-order valence-electron chi connectivity index (χ1n) is 9.13. The van der Waals surface area contributed by atoms with E-state index in [1.165, 1.54) is 6.07 Å². The molecule has 1 aliphatic rings. The van der Waals surface area contributed by atoms with Crippen molar-refractivity contribution in [3.8, 4) is 11.3 Å². The smallest absolute Gasteiger partial charge is 0.417 e. The van der Waals surface area contributed by atoms with Crippen molar-refractivity contribution in [3.05, 3.63) is 89.1 Å². The maximum Gasteiger partial charge on any atom is 0.417 e. The zero-order chi connectivity index (χ0) is 20.6. The molecule has 1 aromatic heterocycles. The number of hydrogen-bond acceptors (Lipinski definition) is 2. The molecule has 0 spiro atoms. The van der Waals surface area contributed by atoms with E-state index in [9.17, 15) is 17.6 Å². The van der Waals surface area contributed by atoms with Crippen LogP contribution in [0.1, 0.15) is 38.1 Å². The van der Waals surface area contributed by atoms with Gasteiger partial charge in [0.05, 0.1) is 11.3 Å². The highest BCUT2D eigenvalue weighted by atomic mass is 19.4. The molecule has 2 aromatic carbocycles. The van der Waals surface area contributed by atoms with Gasteiger partial charge in [-0.25, -0.2) is 4.39 Å². The van der Waals surface area contributed by atoms with Crippen LogP contribution in [0.4, 0.5) is 17.6 Å². The summed E-state index contributed by atoms with van der Waals surface area (Å²) in [6.07, 6.45) is -3.26. The van der Waals surface area contributed by atoms with Crippen LogP contribution >= 0.6 is 0 Å². The van der Waals surface area contributed by atoms with E-state index in [0.717, 1.165) is 41.5 Å². The number of halogens is 4. The summed E-state index contributed by atoms with van der Waals surface area (Å²) in [6.45, 7) is 1.90. The van der Waals surface area contributed by atoms with Crippen LogP contribution in [0, 0.1) is 5.82 Å². The number of aliphatic imine (C=N–C) groups is 1. The minimum absolute atomic E-state index is 0. The molecule has 29 heavy (non-hydrogen) atoms. The lowest BCUT2D eigenvalue weighted by atomic mass is 9.95. The zero-order valence-corrected chi connectivity index (χ0v) is 15.6. The van der Waals surface area contributed by atoms with Crippen LogP contribution in [0.5, 0.6) is 0 Å². The Labute approximate surface area is 166 Å². The second kappa shape index (κ2) is 7.35. The SMILES string of the molecule is CC1=C(c2ccccc2)CCC(c2ccc(-c3cc(F)ccc3C(F)(F)F)o2)=N1.[HH]. The van der Waals surface area contributed by atoms with E-state index in [0.29, 0.717) is 17.9 Å². The van der Waals surface area contributed by atoms with Gasteiger partial charge in [-0.05, 0) is 61.2 Å². The molecule has 0 fully saturated rings. The molecule has 150 valence electrons. The molecule has 0 N–H and O–H groups in total. The van der Waals surface area contributed by atoms with Crippen molar-refractivity contribution >= 4 is 11.3 Å². The Hall–Kier alpha value is -3.15. The fourth-order valence-corrected chi connectivity index (χ4v) is 3.53. The van der Waals surface area contributed by atoms with Crippen LogP contribution in [0.25, 0.3) is 16.9 Å². The average Bonchev–Trinajstić information content (AvgIpc) is 3.18. The summed E-state index contributed by atoms with van der Waals surface area (Å²) < 4.78 is 59.1. The third kappa shape index (κ3) is 3.88. The van der Waals surface area contributed by atoms with E-state index in [1.54, 1.807) is 6.07 Å². The lowest BCUT2D eigenvalue weighted by Gasteiger charge is -2.17. The molecule has 0 saturated heterocycles. The summed E-state index contributed by atoms with van der Waals surface area (Å²) in [7, 11) is 0. The van der Waals surface area contributed by atoms with Crippen LogP contribution in [-0.2, 0) is 6.18 Å². The first kappa shape index (κ1) is 19.2. The van der Waals surface area contributed by atoms with Gasteiger partial charge in [0.1, 0.15) is 17.3 Å². The maximum atomic E-state index is 13.6. The number of benzene rings is 2. The molecule has 0 bridgehead atoms. The Morgan fingerprint density at radius 1 is 0.931 bits per heavy atom. The van der Waals surface area contributed by atoms with E-state index >= 15 is 0 Å². The topological polar surface area (TPSA) is 25.5 Å². The summed E-state index contributed by atoms with van der Waals surface area (Å²) in [5.41, 5.74) is 2.48. The first-order valence-corrected chi connectivity index (χ1v) is 9.13. The number of nitrogens with zero attached hydrogens (tertiary/aromatic N) is 1. The molecule has 2 nitrogen and oxygen atoms in total. The zero-order valence-electron chi connectivity index (χ0n) is 15.6. The minimum Gasteiger partial charge on any atom is -0.455 e. The molecule has 2 heterocycles. The normalized spacial score (nSPS) is 14.9. The second-order valence-corrected chi connectivity index (χ2v) is 6.84. The van der Waals surface area contributed by atoms with Crippen LogP contribution in [0.15, 0.2) is 75.8 Å². The highest BCUT2D eigenvalue weighted by Crippen LogP contribution is 2.38. The Bertz CT molecular complexity index is 1110. The van der Waals surface area contributed by atoms with Crippen LogP contribution < -0.4 is 0 Å². The van der Waals surface area contributed by atoms with Gasteiger partial charge in [0.15, 0.2) is 0 Å². The molecule has 0 unspecified atom stereocenters. The van der Waals surface area contributed by atoms with Gasteiger partial charge in [-0.1, -0.05) is 30.3 Å². The summed E-state index contributed by atoms with van der Waals surface area (Å²) in [5.74, 6) is -0.402. The first-order chi connectivity index (χ1) is 13.8. The van der Waals surface area contributed by atoms with Crippen LogP contribution in [0.2, 0.25) is 0 Å². The van der Waals surface area contributed by atoms with Crippen molar-refractivity contribution in [1.29, 1.82) is 0 Å². The van der Waals surface area contributed by atoms with Gasteiger partial charge in [-0.3, -0.25) is 4.99 Å². The van der Waals surface area contributed by atoms with Gasteiger partial charge in [-0.2, -0.15) is 13.2 Å². The molecular formula is C23H19F4NO. The average molecular weight is 401 g/mol. The fourth-order valence-electron chi connectivity index (χ4n) is 3.53. The molecular weight excluding hydrogens is 382 g/mol. The standard InChI is InChI=1S/C23H17F4NO.H2/c1-14-17(15-5-3-2-4-6-15)8-10-20(28-14)22-12-11-21(29-22)18-13-16(24)7-9-19(18)23(25,26)27;/h2-7,9,11-13H,8,10H2,1H3;1H. The van der Waals surface area contributed by atoms with Gasteiger partial charge in [0.25, 0.3) is 0 Å². The highest BCUT2D eigenvalue weighted by molar-refractivity contribution is 6.01. The van der Waals surface area contributed by atoms with Gasteiger partial charge < -0.3 is 4.42 Å². The van der Waals surface area contributed by atoms with Crippen molar-refractivity contribution in [2.24, 2.45) is 4.99 Å². The number of alkyl halides is 3. The molecule has 0 atom stereocenters. The van der Waals surface area contributed by atoms with Crippen molar-refractivity contribution in [1.82, 2.24) is 0 Å². The Kier molecular flexibility index (Phi) is 4.86. The highest BCUT2D eigenvalue weighted by Gasteiger charge is 2.34. The molecule has 0 radical (unpaired) electrons. The van der Waals surface area contributed by atoms with E-state index in [-0.39, 0.29) is 12.8 Å². The summed E-state index contributed by atoms with van der Waals surface area (Å²) in [4.78, 5) is 4.61. The predicted molar refractivity (Wildman–Crippen MR) is 106 cm³/mol. The molecule has 6 heteroatoms. The number of hydrogen-bond donors (Lipinski definition) is 0. The Balaban J connectivity index is 0.00000256. The largest absolute Gasteiger partial charge is 0.455 e. The molecule has 0 aliphatic carbocycles. The van der Waals surface area contributed by atoms with Gasteiger partial charge in [0.2, 0.25) is 0 Å². The van der Waals surface area contributed by atoms with Crippen molar-refractivity contribution in [2.45, 2.75) is 25.9 Å². The Morgan fingerprint density at radius 2 is 1.66 bits per heavy atom. The number of allylic oxidation sites excluding steroid dienone is 2. The lowest BCUT2D eigenvalue weighted by molar-refractivity contribution is -0.137. The van der Waals surface area contributed by atoms with Gasteiger partial charge in [-0.15, -0.1) is 0 Å². The second-order valence-electron chi connectivity index (χ2n) is 6.84. The summed E-state index contributed by atoms with van der Waals surface area (Å²) >= 11 is 0. The maximum absolute atomic E-state index is 13.6. The molecule has 4 rings (SSSR count). The van der Waals surface area contributed by atoms with Gasteiger partial charge >= 0.3 is 6.18 Å². The minimum atomic E-state index is -4.61. The van der Waals surface area contributed by atoms with Crippen molar-refractivity contribution in [2.75, 3.05) is 0 Å².